The van der Waals surface area contributed by atoms with Gasteiger partial charge in [0.15, 0.2) is 0 Å². The number of likely N-dealkylation sites (N-methyl/N-ethyl adjacent to an activating group) is 1. The zero-order valence-corrected chi connectivity index (χ0v) is 11.9. The lowest BCUT2D eigenvalue weighted by Gasteiger charge is -2.23. The van der Waals surface area contributed by atoms with Gasteiger partial charge in [0.25, 0.3) is 0 Å². The number of hydrogen-bond acceptors (Lipinski definition) is 4. The quantitative estimate of drug-likeness (QED) is 0.867. The van der Waals surface area contributed by atoms with Gasteiger partial charge < -0.3 is 5.32 Å². The molecule has 106 valence electrons. The number of aryl methyl sites for hydroxylation is 1. The van der Waals surface area contributed by atoms with Crippen LogP contribution in [0.3, 0.4) is 0 Å². The molecule has 0 aliphatic carbocycles. The van der Waals surface area contributed by atoms with Crippen molar-refractivity contribution >= 4 is 11.7 Å². The van der Waals surface area contributed by atoms with Gasteiger partial charge in [-0.15, -0.1) is 0 Å². The van der Waals surface area contributed by atoms with Crippen LogP contribution in [0.2, 0.25) is 0 Å². The van der Waals surface area contributed by atoms with Gasteiger partial charge in [-0.2, -0.15) is 5.10 Å². The van der Waals surface area contributed by atoms with E-state index in [-0.39, 0.29) is 11.9 Å². The minimum Gasteiger partial charge on any atom is -0.309 e. The molecule has 20 heavy (non-hydrogen) atoms. The van der Waals surface area contributed by atoms with Crippen LogP contribution in [-0.4, -0.2) is 39.1 Å². The number of pyridine rings is 1. The largest absolute Gasteiger partial charge is 0.309 e. The van der Waals surface area contributed by atoms with E-state index in [2.05, 4.69) is 20.5 Å². The molecule has 2 N–H and O–H groups in total. The third kappa shape index (κ3) is 3.42. The van der Waals surface area contributed by atoms with Gasteiger partial charge in [-0.05, 0) is 33.0 Å². The molecule has 0 fully saturated rings. The first kappa shape index (κ1) is 14.2. The zero-order valence-electron chi connectivity index (χ0n) is 11.9. The molecule has 0 bridgehead atoms. The van der Waals surface area contributed by atoms with Crippen molar-refractivity contribution in [3.63, 3.8) is 0 Å². The number of nitrogens with zero attached hydrogens (tertiary/aromatic N) is 3. The summed E-state index contributed by atoms with van der Waals surface area (Å²) in [5.41, 5.74) is 2.11. The van der Waals surface area contributed by atoms with Gasteiger partial charge in [-0.3, -0.25) is 14.8 Å². The van der Waals surface area contributed by atoms with E-state index in [1.54, 1.807) is 18.5 Å². The normalized spacial score (nSPS) is 12.4. The molecule has 2 aromatic rings. The van der Waals surface area contributed by atoms with Crippen LogP contribution in [0.15, 0.2) is 30.6 Å². The predicted molar refractivity (Wildman–Crippen MR) is 77.1 cm³/mol. The highest BCUT2D eigenvalue weighted by atomic mass is 16.2. The maximum atomic E-state index is 12.2. The highest BCUT2D eigenvalue weighted by molar-refractivity contribution is 5.93. The van der Waals surface area contributed by atoms with Crippen molar-refractivity contribution in [2.45, 2.75) is 26.4 Å². The molecule has 0 aromatic carbocycles. The first-order valence-corrected chi connectivity index (χ1v) is 6.49. The van der Waals surface area contributed by atoms with Crippen molar-refractivity contribution in [2.75, 3.05) is 12.4 Å². The molecule has 0 aliphatic heterocycles. The van der Waals surface area contributed by atoms with E-state index < -0.39 is 0 Å². The number of H-pyrrole nitrogens is 1. The van der Waals surface area contributed by atoms with Crippen LogP contribution in [-0.2, 0) is 11.3 Å². The molecule has 2 heterocycles. The fourth-order valence-corrected chi connectivity index (χ4v) is 1.81. The Balaban J connectivity index is 1.94. The first-order valence-electron chi connectivity index (χ1n) is 6.49. The highest BCUT2D eigenvalue weighted by Gasteiger charge is 2.19. The molecule has 6 nitrogen and oxygen atoms in total. The Labute approximate surface area is 118 Å². The lowest BCUT2D eigenvalue weighted by molar-refractivity contribution is -0.120. The Hall–Kier alpha value is -2.21. The summed E-state index contributed by atoms with van der Waals surface area (Å²) in [6, 6.07) is 5.16. The van der Waals surface area contributed by atoms with E-state index in [4.69, 9.17) is 0 Å². The second-order valence-corrected chi connectivity index (χ2v) is 4.82. The summed E-state index contributed by atoms with van der Waals surface area (Å²) >= 11 is 0. The van der Waals surface area contributed by atoms with E-state index in [0.717, 1.165) is 11.3 Å². The average molecular weight is 273 g/mol. The molecule has 2 rings (SSSR count). The van der Waals surface area contributed by atoms with Gasteiger partial charge in [0.1, 0.15) is 5.82 Å². The number of aromatic nitrogens is 3. The average Bonchev–Trinajstić information content (AvgIpc) is 2.84. The molecule has 2 aromatic heterocycles. The van der Waals surface area contributed by atoms with Gasteiger partial charge in [0.05, 0.1) is 12.2 Å². The molecule has 0 unspecified atom stereocenters. The van der Waals surface area contributed by atoms with Crippen LogP contribution >= 0.6 is 0 Å². The molecule has 0 aliphatic rings. The first-order chi connectivity index (χ1) is 9.58. The second-order valence-electron chi connectivity index (χ2n) is 4.82. The van der Waals surface area contributed by atoms with Crippen molar-refractivity contribution in [1.82, 2.24) is 20.1 Å². The maximum absolute atomic E-state index is 12.2. The maximum Gasteiger partial charge on any atom is 0.242 e. The van der Waals surface area contributed by atoms with E-state index in [0.29, 0.717) is 12.4 Å². The minimum absolute atomic E-state index is 0.0765. The van der Waals surface area contributed by atoms with Gasteiger partial charge in [0.2, 0.25) is 5.91 Å². The molecule has 1 atom stereocenters. The molecule has 0 saturated carbocycles. The topological polar surface area (TPSA) is 73.9 Å². The lowest BCUT2D eigenvalue weighted by atomic mass is 10.2. The number of amides is 1. The summed E-state index contributed by atoms with van der Waals surface area (Å²) < 4.78 is 0. The van der Waals surface area contributed by atoms with Crippen molar-refractivity contribution in [3.05, 3.63) is 41.9 Å². The summed E-state index contributed by atoms with van der Waals surface area (Å²) in [6.45, 7) is 4.50. The summed E-state index contributed by atoms with van der Waals surface area (Å²) in [4.78, 5) is 18.2. The molecule has 6 heteroatoms. The Bertz CT molecular complexity index is 566. The third-order valence-corrected chi connectivity index (χ3v) is 3.31. The number of anilines is 1. The number of nitrogens with one attached hydrogen (secondary N) is 2. The summed E-state index contributed by atoms with van der Waals surface area (Å²) in [5.74, 6) is 0.490. The highest BCUT2D eigenvalue weighted by Crippen LogP contribution is 2.10. The smallest absolute Gasteiger partial charge is 0.242 e. The SMILES string of the molecule is Cc1[nH]ncc1CN(C)[C@H](C)C(=O)Nc1ccccn1. The van der Waals surface area contributed by atoms with Crippen molar-refractivity contribution < 1.29 is 4.79 Å². The second kappa shape index (κ2) is 6.29. The van der Waals surface area contributed by atoms with E-state index in [1.165, 1.54) is 0 Å². The van der Waals surface area contributed by atoms with Crippen molar-refractivity contribution in [3.8, 4) is 0 Å². The van der Waals surface area contributed by atoms with Crippen LogP contribution in [0.4, 0.5) is 5.82 Å². The number of carbonyl (C=O) groups is 1. The minimum atomic E-state index is -0.258. The Morgan fingerprint density at radius 1 is 1.50 bits per heavy atom. The van der Waals surface area contributed by atoms with Crippen LogP contribution in [0, 0.1) is 6.92 Å². The number of carbonyl (C=O) groups excluding carboxylic acids is 1. The summed E-state index contributed by atoms with van der Waals surface area (Å²) in [6.07, 6.45) is 3.44. The van der Waals surface area contributed by atoms with Gasteiger partial charge in [-0.1, -0.05) is 6.07 Å². The molecule has 0 saturated heterocycles. The number of rotatable bonds is 5. The fourth-order valence-electron chi connectivity index (χ4n) is 1.81. The standard InChI is InChI=1S/C14H19N5O/c1-10-12(8-16-18-10)9-19(3)11(2)14(20)17-13-6-4-5-7-15-13/h4-8,11H,9H2,1-3H3,(H,16,18)(H,15,17,20)/t11-/m1/s1. The molecular weight excluding hydrogens is 254 g/mol. The molecular formula is C14H19N5O. The molecule has 0 spiro atoms. The summed E-state index contributed by atoms with van der Waals surface area (Å²) in [7, 11) is 1.91. The van der Waals surface area contributed by atoms with Crippen LogP contribution in [0.1, 0.15) is 18.2 Å². The summed E-state index contributed by atoms with van der Waals surface area (Å²) in [5, 5.41) is 9.68. The Morgan fingerprint density at radius 3 is 2.90 bits per heavy atom. The van der Waals surface area contributed by atoms with E-state index >= 15 is 0 Å². The zero-order chi connectivity index (χ0) is 14.5. The lowest BCUT2D eigenvalue weighted by Crippen LogP contribution is -2.39. The third-order valence-electron chi connectivity index (χ3n) is 3.31. The Kier molecular flexibility index (Phi) is 4.47. The van der Waals surface area contributed by atoms with Crippen molar-refractivity contribution in [1.29, 1.82) is 0 Å². The van der Waals surface area contributed by atoms with Crippen molar-refractivity contribution in [2.24, 2.45) is 0 Å². The van der Waals surface area contributed by atoms with Crippen LogP contribution in [0.25, 0.3) is 0 Å². The van der Waals surface area contributed by atoms with Crippen LogP contribution in [0.5, 0.6) is 0 Å². The molecule has 0 radical (unpaired) electrons. The van der Waals surface area contributed by atoms with Gasteiger partial charge in [-0.25, -0.2) is 4.98 Å². The van der Waals surface area contributed by atoms with Gasteiger partial charge in [0, 0.05) is 24.0 Å². The van der Waals surface area contributed by atoms with Crippen LogP contribution < -0.4 is 5.32 Å². The van der Waals surface area contributed by atoms with Gasteiger partial charge >= 0.3 is 0 Å². The van der Waals surface area contributed by atoms with E-state index in [9.17, 15) is 4.79 Å². The van der Waals surface area contributed by atoms with E-state index in [1.807, 2.05) is 37.9 Å². The fraction of sp³-hybridized carbons (Fsp3) is 0.357. The Morgan fingerprint density at radius 2 is 2.30 bits per heavy atom. The predicted octanol–water partition coefficient (Wildman–Crippen LogP) is 1.57. The monoisotopic (exact) mass is 273 g/mol. The molecule has 1 amide bonds. The number of aromatic amines is 1. The number of hydrogen-bond donors (Lipinski definition) is 2.